The highest BCUT2D eigenvalue weighted by molar-refractivity contribution is 5.83. The van der Waals surface area contributed by atoms with Crippen LogP contribution in [0, 0.1) is 6.92 Å². The highest BCUT2D eigenvalue weighted by atomic mass is 19.4. The number of aromatic amines is 1. The molecule has 1 N–H and O–H groups in total. The van der Waals surface area contributed by atoms with Crippen molar-refractivity contribution in [3.05, 3.63) is 65.9 Å². The third-order valence-electron chi connectivity index (χ3n) is 4.99. The number of ether oxygens (including phenoxy) is 1. The van der Waals surface area contributed by atoms with Gasteiger partial charge in [0.15, 0.2) is 5.65 Å². The fourth-order valence-electron chi connectivity index (χ4n) is 3.59. The summed E-state index contributed by atoms with van der Waals surface area (Å²) in [6.07, 6.45) is -4.56. The summed E-state index contributed by atoms with van der Waals surface area (Å²) in [6.45, 7) is 1.52. The number of pyridine rings is 1. The first-order chi connectivity index (χ1) is 14.8. The Morgan fingerprint density at radius 2 is 1.74 bits per heavy atom. The van der Waals surface area contributed by atoms with Crippen LogP contribution in [0.15, 0.2) is 54.6 Å². The molecular formula is C22H16F3N5O. The van der Waals surface area contributed by atoms with Crippen molar-refractivity contribution in [3.8, 4) is 23.0 Å². The molecule has 0 saturated heterocycles. The van der Waals surface area contributed by atoms with Crippen molar-refractivity contribution >= 4 is 22.1 Å². The summed E-state index contributed by atoms with van der Waals surface area (Å²) in [5.41, 5.74) is 2.14. The number of rotatable bonds is 3. The minimum atomic E-state index is -4.56. The molecule has 31 heavy (non-hydrogen) atoms. The Labute approximate surface area is 174 Å². The van der Waals surface area contributed by atoms with E-state index < -0.39 is 11.7 Å². The van der Waals surface area contributed by atoms with Crippen LogP contribution in [0.5, 0.6) is 11.6 Å². The van der Waals surface area contributed by atoms with Crippen molar-refractivity contribution in [1.29, 1.82) is 0 Å². The van der Waals surface area contributed by atoms with Crippen LogP contribution in [0.25, 0.3) is 33.5 Å². The van der Waals surface area contributed by atoms with Gasteiger partial charge in [0.2, 0.25) is 5.88 Å². The standard InChI is InChI=1S/C22H16F3N5O/c1-12-19-15(22(23,24)25)11-18(28-21(19)30(2)29-12)31-14-9-7-13(8-10-14)20-26-16-5-3-4-6-17(16)27-20/h3-11H,1-2H3,(H,26,27). The number of benzene rings is 2. The summed E-state index contributed by atoms with van der Waals surface area (Å²) < 4.78 is 47.8. The molecule has 3 aromatic heterocycles. The molecule has 0 fully saturated rings. The minimum absolute atomic E-state index is 0.0254. The van der Waals surface area contributed by atoms with Crippen LogP contribution in [0.4, 0.5) is 13.2 Å². The lowest BCUT2D eigenvalue weighted by atomic mass is 10.1. The Hall–Kier alpha value is -3.88. The van der Waals surface area contributed by atoms with E-state index in [1.54, 1.807) is 31.3 Å². The minimum Gasteiger partial charge on any atom is -0.439 e. The average Bonchev–Trinajstić information content (AvgIpc) is 3.28. The zero-order valence-corrected chi connectivity index (χ0v) is 16.5. The number of alkyl halides is 3. The zero-order chi connectivity index (χ0) is 21.8. The maximum atomic E-state index is 13.6. The molecule has 156 valence electrons. The van der Waals surface area contributed by atoms with Crippen LogP contribution in [0.3, 0.4) is 0 Å². The van der Waals surface area contributed by atoms with E-state index in [1.807, 2.05) is 24.3 Å². The highest BCUT2D eigenvalue weighted by Crippen LogP contribution is 2.38. The van der Waals surface area contributed by atoms with Crippen molar-refractivity contribution in [2.75, 3.05) is 0 Å². The quantitative estimate of drug-likeness (QED) is 0.408. The molecule has 0 radical (unpaired) electrons. The van der Waals surface area contributed by atoms with Gasteiger partial charge < -0.3 is 9.72 Å². The van der Waals surface area contributed by atoms with Gasteiger partial charge in [-0.2, -0.15) is 23.3 Å². The van der Waals surface area contributed by atoms with E-state index in [0.717, 1.165) is 22.7 Å². The van der Waals surface area contributed by atoms with Gasteiger partial charge in [-0.1, -0.05) is 12.1 Å². The molecule has 0 aliphatic heterocycles. The van der Waals surface area contributed by atoms with E-state index in [-0.39, 0.29) is 22.6 Å². The predicted octanol–water partition coefficient (Wildman–Crippen LogP) is 5.63. The number of imidazole rings is 1. The third kappa shape index (κ3) is 3.37. The van der Waals surface area contributed by atoms with Crippen molar-refractivity contribution in [2.45, 2.75) is 13.1 Å². The lowest BCUT2D eigenvalue weighted by Crippen LogP contribution is -2.07. The monoisotopic (exact) mass is 423 g/mol. The van der Waals surface area contributed by atoms with E-state index in [4.69, 9.17) is 4.74 Å². The summed E-state index contributed by atoms with van der Waals surface area (Å²) in [5, 5.41) is 4.04. The Balaban J connectivity index is 1.49. The van der Waals surface area contributed by atoms with Gasteiger partial charge in [-0.15, -0.1) is 0 Å². The van der Waals surface area contributed by atoms with Crippen molar-refractivity contribution < 1.29 is 17.9 Å². The first-order valence-electron chi connectivity index (χ1n) is 9.44. The van der Waals surface area contributed by atoms with E-state index in [0.29, 0.717) is 11.6 Å². The molecule has 6 nitrogen and oxygen atoms in total. The molecule has 0 aliphatic carbocycles. The topological polar surface area (TPSA) is 68.6 Å². The summed E-state index contributed by atoms with van der Waals surface area (Å²) in [4.78, 5) is 12.0. The average molecular weight is 423 g/mol. The van der Waals surface area contributed by atoms with E-state index in [9.17, 15) is 13.2 Å². The molecule has 5 rings (SSSR count). The van der Waals surface area contributed by atoms with Crippen molar-refractivity contribution in [1.82, 2.24) is 24.7 Å². The van der Waals surface area contributed by atoms with E-state index >= 15 is 0 Å². The third-order valence-corrected chi connectivity index (χ3v) is 4.99. The zero-order valence-electron chi connectivity index (χ0n) is 16.5. The van der Waals surface area contributed by atoms with Gasteiger partial charge in [0.05, 0.1) is 27.7 Å². The van der Waals surface area contributed by atoms with Crippen molar-refractivity contribution in [3.63, 3.8) is 0 Å². The molecule has 0 unspecified atom stereocenters. The Morgan fingerprint density at radius 1 is 1.00 bits per heavy atom. The Kier molecular flexibility index (Phi) is 4.21. The molecule has 9 heteroatoms. The number of hydrogen-bond donors (Lipinski definition) is 1. The first-order valence-corrected chi connectivity index (χ1v) is 9.44. The maximum Gasteiger partial charge on any atom is 0.417 e. The van der Waals surface area contributed by atoms with Crippen LogP contribution >= 0.6 is 0 Å². The van der Waals surface area contributed by atoms with Crippen LogP contribution in [-0.4, -0.2) is 24.7 Å². The van der Waals surface area contributed by atoms with Gasteiger partial charge >= 0.3 is 6.18 Å². The first kappa shape index (κ1) is 19.1. The molecule has 0 spiro atoms. The van der Waals surface area contributed by atoms with Gasteiger partial charge in [0.1, 0.15) is 11.6 Å². The Bertz CT molecular complexity index is 1380. The second-order valence-corrected chi connectivity index (χ2v) is 7.14. The van der Waals surface area contributed by atoms with Gasteiger partial charge in [-0.25, -0.2) is 4.98 Å². The smallest absolute Gasteiger partial charge is 0.417 e. The summed E-state index contributed by atoms with van der Waals surface area (Å²) >= 11 is 0. The largest absolute Gasteiger partial charge is 0.439 e. The molecule has 0 saturated carbocycles. The predicted molar refractivity (Wildman–Crippen MR) is 110 cm³/mol. The summed E-state index contributed by atoms with van der Waals surface area (Å²) in [6, 6.07) is 15.5. The number of H-pyrrole nitrogens is 1. The van der Waals surface area contributed by atoms with Crippen LogP contribution in [-0.2, 0) is 13.2 Å². The molecule has 2 aromatic carbocycles. The second kappa shape index (κ2) is 6.83. The van der Waals surface area contributed by atoms with Gasteiger partial charge in [0, 0.05) is 18.7 Å². The number of nitrogens with one attached hydrogen (secondary N) is 1. The fraction of sp³-hybridized carbons (Fsp3) is 0.136. The van der Waals surface area contributed by atoms with Crippen LogP contribution in [0.2, 0.25) is 0 Å². The number of fused-ring (bicyclic) bond motifs is 2. The van der Waals surface area contributed by atoms with Gasteiger partial charge in [-0.05, 0) is 43.3 Å². The van der Waals surface area contributed by atoms with E-state index in [1.165, 1.54) is 11.6 Å². The lowest BCUT2D eigenvalue weighted by Gasteiger charge is -2.12. The molecule has 0 aliphatic rings. The highest BCUT2D eigenvalue weighted by Gasteiger charge is 2.35. The Morgan fingerprint density at radius 3 is 2.45 bits per heavy atom. The van der Waals surface area contributed by atoms with Crippen LogP contribution < -0.4 is 4.74 Å². The fourth-order valence-corrected chi connectivity index (χ4v) is 3.59. The molecule has 3 heterocycles. The number of aromatic nitrogens is 5. The summed E-state index contributed by atoms with van der Waals surface area (Å²) in [7, 11) is 1.55. The van der Waals surface area contributed by atoms with E-state index in [2.05, 4.69) is 20.1 Å². The number of para-hydroxylation sites is 2. The molecular weight excluding hydrogens is 407 g/mol. The number of aryl methyl sites for hydroxylation is 2. The lowest BCUT2D eigenvalue weighted by molar-refractivity contribution is -0.136. The molecule has 0 atom stereocenters. The van der Waals surface area contributed by atoms with Crippen molar-refractivity contribution in [2.24, 2.45) is 7.05 Å². The van der Waals surface area contributed by atoms with Crippen LogP contribution in [0.1, 0.15) is 11.3 Å². The van der Waals surface area contributed by atoms with Gasteiger partial charge in [-0.3, -0.25) is 4.68 Å². The number of hydrogen-bond acceptors (Lipinski definition) is 4. The SMILES string of the molecule is Cc1nn(C)c2nc(Oc3ccc(-c4nc5ccccc5[nH]4)cc3)cc(C(F)(F)F)c12. The number of halogens is 3. The second-order valence-electron chi connectivity index (χ2n) is 7.14. The normalized spacial score (nSPS) is 12.0. The number of nitrogens with zero attached hydrogens (tertiary/aromatic N) is 4. The molecule has 0 bridgehead atoms. The summed E-state index contributed by atoms with van der Waals surface area (Å²) in [5.74, 6) is 0.898. The van der Waals surface area contributed by atoms with Gasteiger partial charge in [0.25, 0.3) is 0 Å². The molecule has 5 aromatic rings. The molecule has 0 amide bonds. The maximum absolute atomic E-state index is 13.6.